The summed E-state index contributed by atoms with van der Waals surface area (Å²) in [7, 11) is 0. The predicted octanol–water partition coefficient (Wildman–Crippen LogP) is 2.34. The maximum Gasteiger partial charge on any atom is 0.170 e. The molecule has 0 radical (unpaired) electrons. The van der Waals surface area contributed by atoms with Gasteiger partial charge in [-0.3, -0.25) is 0 Å². The van der Waals surface area contributed by atoms with Crippen LogP contribution < -0.4 is 5.32 Å². The third kappa shape index (κ3) is 2.20. The van der Waals surface area contributed by atoms with Crippen LogP contribution >= 0.6 is 0 Å². The summed E-state index contributed by atoms with van der Waals surface area (Å²) in [6.45, 7) is 4.88. The molecule has 0 spiro atoms. The summed E-state index contributed by atoms with van der Waals surface area (Å²) in [5.41, 5.74) is 0.773. The molecule has 1 N–H and O–H groups in total. The van der Waals surface area contributed by atoms with Crippen molar-refractivity contribution in [2.45, 2.75) is 20.3 Å². The fraction of sp³-hybridized carbons (Fsp3) is 0.286. The van der Waals surface area contributed by atoms with E-state index >= 15 is 0 Å². The van der Waals surface area contributed by atoms with E-state index in [1.807, 2.05) is 25.1 Å². The van der Waals surface area contributed by atoms with Crippen LogP contribution in [0.4, 0.5) is 5.82 Å². The van der Waals surface area contributed by atoms with Crippen LogP contribution in [0.15, 0.2) is 30.6 Å². The van der Waals surface area contributed by atoms with E-state index in [1.54, 1.807) is 17.1 Å². The molecule has 3 aromatic rings. The molecule has 0 aliphatic rings. The van der Waals surface area contributed by atoms with Crippen LogP contribution in [0.2, 0.25) is 0 Å². The number of aromatic nitrogens is 5. The monoisotopic (exact) mass is 268 g/mol. The Hall–Kier alpha value is -2.50. The van der Waals surface area contributed by atoms with Crippen LogP contribution in [0, 0.1) is 6.92 Å². The molecule has 20 heavy (non-hydrogen) atoms. The first-order chi connectivity index (χ1) is 9.79. The first-order valence-electron chi connectivity index (χ1n) is 6.67. The molecule has 0 aliphatic carbocycles. The van der Waals surface area contributed by atoms with Crippen molar-refractivity contribution in [3.05, 3.63) is 36.4 Å². The van der Waals surface area contributed by atoms with Crippen molar-refractivity contribution in [2.75, 3.05) is 11.9 Å². The molecule has 3 rings (SSSR count). The standard InChI is InChI=1S/C14H16N6/c1-3-7-16-13-11-9-17-20(12-6-4-5-8-15-12)14(11)19-10(2)18-13/h4-6,8-9H,3,7H2,1-2H3,(H,16,18,19). The summed E-state index contributed by atoms with van der Waals surface area (Å²) in [6.07, 6.45) is 4.56. The van der Waals surface area contributed by atoms with Gasteiger partial charge in [0, 0.05) is 12.7 Å². The Morgan fingerprint density at radius 3 is 2.90 bits per heavy atom. The molecule has 0 aliphatic heterocycles. The lowest BCUT2D eigenvalue weighted by Crippen LogP contribution is -2.06. The van der Waals surface area contributed by atoms with Crippen molar-refractivity contribution in [1.82, 2.24) is 24.7 Å². The predicted molar refractivity (Wildman–Crippen MR) is 78.0 cm³/mol. The summed E-state index contributed by atoms with van der Waals surface area (Å²) >= 11 is 0. The molecule has 0 bridgehead atoms. The molecule has 0 saturated heterocycles. The Morgan fingerprint density at radius 2 is 2.15 bits per heavy atom. The van der Waals surface area contributed by atoms with Gasteiger partial charge in [0.1, 0.15) is 11.6 Å². The van der Waals surface area contributed by atoms with E-state index in [2.05, 4.69) is 32.3 Å². The molecule has 6 nitrogen and oxygen atoms in total. The number of fused-ring (bicyclic) bond motifs is 1. The maximum atomic E-state index is 4.49. The van der Waals surface area contributed by atoms with Crippen molar-refractivity contribution in [2.24, 2.45) is 0 Å². The van der Waals surface area contributed by atoms with Gasteiger partial charge in [0.2, 0.25) is 0 Å². The average molecular weight is 268 g/mol. The van der Waals surface area contributed by atoms with Crippen LogP contribution in [-0.4, -0.2) is 31.3 Å². The highest BCUT2D eigenvalue weighted by molar-refractivity contribution is 5.87. The second kappa shape index (κ2) is 5.24. The van der Waals surface area contributed by atoms with Gasteiger partial charge in [-0.2, -0.15) is 9.78 Å². The fourth-order valence-electron chi connectivity index (χ4n) is 2.04. The zero-order valence-corrected chi connectivity index (χ0v) is 11.5. The van der Waals surface area contributed by atoms with Gasteiger partial charge in [0.05, 0.1) is 11.6 Å². The topological polar surface area (TPSA) is 68.5 Å². The SMILES string of the molecule is CCCNc1nc(C)nc2c1cnn2-c1ccccn1. The summed E-state index contributed by atoms with van der Waals surface area (Å²) < 4.78 is 1.74. The Kier molecular flexibility index (Phi) is 3.28. The average Bonchev–Trinajstić information content (AvgIpc) is 2.89. The highest BCUT2D eigenvalue weighted by Gasteiger charge is 2.12. The molecule has 0 amide bonds. The first-order valence-corrected chi connectivity index (χ1v) is 6.67. The molecule has 3 heterocycles. The minimum absolute atomic E-state index is 0.716. The normalized spacial score (nSPS) is 10.9. The Balaban J connectivity index is 2.15. The van der Waals surface area contributed by atoms with Crippen LogP contribution in [0.25, 0.3) is 16.9 Å². The van der Waals surface area contributed by atoms with E-state index in [9.17, 15) is 0 Å². The van der Waals surface area contributed by atoms with E-state index in [4.69, 9.17) is 0 Å². The molecule has 0 unspecified atom stereocenters. The summed E-state index contributed by atoms with van der Waals surface area (Å²) in [6, 6.07) is 5.72. The second-order valence-electron chi connectivity index (χ2n) is 4.53. The van der Waals surface area contributed by atoms with E-state index in [1.165, 1.54) is 0 Å². The number of nitrogens with one attached hydrogen (secondary N) is 1. The van der Waals surface area contributed by atoms with Gasteiger partial charge in [-0.1, -0.05) is 13.0 Å². The summed E-state index contributed by atoms with van der Waals surface area (Å²) in [4.78, 5) is 13.3. The number of rotatable bonds is 4. The highest BCUT2D eigenvalue weighted by atomic mass is 15.3. The molecular weight excluding hydrogens is 252 g/mol. The van der Waals surface area contributed by atoms with Crippen LogP contribution in [0.3, 0.4) is 0 Å². The first kappa shape index (κ1) is 12.5. The Labute approximate surface area is 116 Å². The molecular formula is C14H16N6. The third-order valence-electron chi connectivity index (χ3n) is 2.95. The van der Waals surface area contributed by atoms with E-state index in [-0.39, 0.29) is 0 Å². The highest BCUT2D eigenvalue weighted by Crippen LogP contribution is 2.21. The lowest BCUT2D eigenvalue weighted by molar-refractivity contribution is 0.857. The van der Waals surface area contributed by atoms with Crippen molar-refractivity contribution in [1.29, 1.82) is 0 Å². The third-order valence-corrected chi connectivity index (χ3v) is 2.95. The van der Waals surface area contributed by atoms with Gasteiger partial charge in [-0.25, -0.2) is 15.0 Å². The molecule has 0 fully saturated rings. The molecule has 102 valence electrons. The van der Waals surface area contributed by atoms with E-state index < -0.39 is 0 Å². The number of anilines is 1. The van der Waals surface area contributed by atoms with Gasteiger partial charge < -0.3 is 5.32 Å². The zero-order valence-electron chi connectivity index (χ0n) is 11.5. The lowest BCUT2D eigenvalue weighted by Gasteiger charge is -2.07. The second-order valence-corrected chi connectivity index (χ2v) is 4.53. The molecule has 6 heteroatoms. The van der Waals surface area contributed by atoms with Crippen molar-refractivity contribution in [3.63, 3.8) is 0 Å². The number of aryl methyl sites for hydroxylation is 1. The minimum Gasteiger partial charge on any atom is -0.369 e. The van der Waals surface area contributed by atoms with Crippen molar-refractivity contribution < 1.29 is 0 Å². The number of hydrogen-bond donors (Lipinski definition) is 1. The molecule has 0 aromatic carbocycles. The molecule has 0 saturated carbocycles. The zero-order chi connectivity index (χ0) is 13.9. The van der Waals surface area contributed by atoms with Gasteiger partial charge >= 0.3 is 0 Å². The van der Waals surface area contributed by atoms with Gasteiger partial charge in [-0.05, 0) is 25.5 Å². The van der Waals surface area contributed by atoms with Crippen molar-refractivity contribution in [3.8, 4) is 5.82 Å². The molecule has 3 aromatic heterocycles. The van der Waals surface area contributed by atoms with Gasteiger partial charge in [0.15, 0.2) is 11.5 Å². The molecule has 0 atom stereocenters. The van der Waals surface area contributed by atoms with Crippen molar-refractivity contribution >= 4 is 16.9 Å². The minimum atomic E-state index is 0.716. The fourth-order valence-corrected chi connectivity index (χ4v) is 2.04. The number of pyridine rings is 1. The van der Waals surface area contributed by atoms with Gasteiger partial charge in [0.25, 0.3) is 0 Å². The van der Waals surface area contributed by atoms with E-state index in [0.29, 0.717) is 5.82 Å². The van der Waals surface area contributed by atoms with Crippen LogP contribution in [0.5, 0.6) is 0 Å². The van der Waals surface area contributed by atoms with Crippen LogP contribution in [0.1, 0.15) is 19.2 Å². The van der Waals surface area contributed by atoms with Crippen LogP contribution in [-0.2, 0) is 0 Å². The summed E-state index contributed by atoms with van der Waals surface area (Å²) in [5.74, 6) is 2.30. The largest absolute Gasteiger partial charge is 0.369 e. The maximum absolute atomic E-state index is 4.49. The number of nitrogens with zero attached hydrogens (tertiary/aromatic N) is 5. The summed E-state index contributed by atoms with van der Waals surface area (Å²) in [5, 5.41) is 8.62. The quantitative estimate of drug-likeness (QED) is 0.786. The smallest absolute Gasteiger partial charge is 0.170 e. The van der Waals surface area contributed by atoms with Gasteiger partial charge in [-0.15, -0.1) is 0 Å². The Morgan fingerprint density at radius 1 is 1.25 bits per heavy atom. The lowest BCUT2D eigenvalue weighted by atomic mass is 10.3. The Bertz CT molecular complexity index is 719. The number of hydrogen-bond acceptors (Lipinski definition) is 5. The van der Waals surface area contributed by atoms with E-state index in [0.717, 1.165) is 35.6 Å².